The van der Waals surface area contributed by atoms with E-state index in [9.17, 15) is 9.18 Å². The number of aromatic amines is 1. The maximum Gasteiger partial charge on any atom is 0.209 e. The van der Waals surface area contributed by atoms with Crippen molar-refractivity contribution in [2.75, 3.05) is 5.75 Å². The zero-order chi connectivity index (χ0) is 18.0. The highest BCUT2D eigenvalue weighted by Crippen LogP contribution is 2.23. The number of carbonyl (C=O) groups is 1. The Hall–Kier alpha value is -2.41. The summed E-state index contributed by atoms with van der Waals surface area (Å²) in [6.07, 6.45) is 0. The van der Waals surface area contributed by atoms with Gasteiger partial charge in [-0.15, -0.1) is 5.10 Å². The quantitative estimate of drug-likeness (QED) is 0.534. The van der Waals surface area contributed by atoms with Crippen molar-refractivity contribution in [1.29, 1.82) is 0 Å². The van der Waals surface area contributed by atoms with Gasteiger partial charge in [-0.3, -0.25) is 9.89 Å². The van der Waals surface area contributed by atoms with E-state index < -0.39 is 0 Å². The van der Waals surface area contributed by atoms with Crippen molar-refractivity contribution in [3.05, 3.63) is 53.1 Å². The molecule has 7 heteroatoms. The number of Topliss-reactive ketones (excluding diaryl/α,β-unsaturated/α-hetero) is 1. The Morgan fingerprint density at radius 1 is 1.32 bits per heavy atom. The minimum absolute atomic E-state index is 0.0371. The largest absolute Gasteiger partial charge is 0.349 e. The van der Waals surface area contributed by atoms with E-state index in [0.717, 1.165) is 23.5 Å². The highest BCUT2D eigenvalue weighted by atomic mass is 32.2. The average Bonchev–Trinajstić information content (AvgIpc) is 3.17. The fourth-order valence-corrected chi connectivity index (χ4v) is 3.54. The predicted molar refractivity (Wildman–Crippen MR) is 96.4 cm³/mol. The van der Waals surface area contributed by atoms with Crippen molar-refractivity contribution in [2.45, 2.75) is 32.5 Å². The maximum atomic E-state index is 13.8. The lowest BCUT2D eigenvalue weighted by molar-refractivity contribution is 0.102. The second-order valence-electron chi connectivity index (χ2n) is 5.69. The molecule has 0 unspecified atom stereocenters. The summed E-state index contributed by atoms with van der Waals surface area (Å²) in [6.45, 7) is 6.85. The second kappa shape index (κ2) is 7.23. The number of aryl methyl sites for hydroxylation is 1. The first-order valence-corrected chi connectivity index (χ1v) is 8.99. The molecule has 0 saturated carbocycles. The summed E-state index contributed by atoms with van der Waals surface area (Å²) in [5, 5.41) is 7.21. The van der Waals surface area contributed by atoms with Gasteiger partial charge in [0.05, 0.1) is 11.3 Å². The third kappa shape index (κ3) is 3.51. The van der Waals surface area contributed by atoms with Crippen LogP contribution < -0.4 is 0 Å². The zero-order valence-corrected chi connectivity index (χ0v) is 15.2. The smallest absolute Gasteiger partial charge is 0.209 e. The molecule has 3 aromatic rings. The summed E-state index contributed by atoms with van der Waals surface area (Å²) in [6, 6.07) is 8.29. The van der Waals surface area contributed by atoms with Crippen molar-refractivity contribution >= 4 is 17.5 Å². The summed E-state index contributed by atoms with van der Waals surface area (Å²) < 4.78 is 15.9. The van der Waals surface area contributed by atoms with Crippen molar-refractivity contribution < 1.29 is 9.18 Å². The second-order valence-corrected chi connectivity index (χ2v) is 6.63. The summed E-state index contributed by atoms with van der Waals surface area (Å²) in [4.78, 5) is 16.8. The molecular formula is C18H19FN4OS. The summed E-state index contributed by atoms with van der Waals surface area (Å²) in [7, 11) is 0. The third-order valence-electron chi connectivity index (χ3n) is 4.12. The number of hydrogen-bond donors (Lipinski definition) is 1. The van der Waals surface area contributed by atoms with Crippen LogP contribution in [0, 0.1) is 19.7 Å². The van der Waals surface area contributed by atoms with Crippen molar-refractivity contribution in [2.24, 2.45) is 0 Å². The Morgan fingerprint density at radius 2 is 2.08 bits per heavy atom. The molecule has 0 saturated heterocycles. The molecule has 0 aliphatic carbocycles. The highest BCUT2D eigenvalue weighted by Gasteiger charge is 2.17. The topological polar surface area (TPSA) is 63.6 Å². The van der Waals surface area contributed by atoms with Gasteiger partial charge in [-0.1, -0.05) is 23.9 Å². The predicted octanol–water partition coefficient (Wildman–Crippen LogP) is 4.02. The Kier molecular flexibility index (Phi) is 5.03. The number of thioether (sulfide) groups is 1. The molecule has 0 aliphatic heterocycles. The molecule has 2 heterocycles. The lowest BCUT2D eigenvalue weighted by atomic mass is 10.2. The zero-order valence-electron chi connectivity index (χ0n) is 14.3. The van der Waals surface area contributed by atoms with Crippen molar-refractivity contribution in [1.82, 2.24) is 19.7 Å². The van der Waals surface area contributed by atoms with Crippen LogP contribution in [0.1, 0.15) is 28.7 Å². The van der Waals surface area contributed by atoms with E-state index in [1.54, 1.807) is 18.2 Å². The van der Waals surface area contributed by atoms with Crippen LogP contribution in [-0.4, -0.2) is 31.3 Å². The van der Waals surface area contributed by atoms with Crippen LogP contribution in [-0.2, 0) is 6.54 Å². The van der Waals surface area contributed by atoms with Crippen LogP contribution in [0.5, 0.6) is 0 Å². The lowest BCUT2D eigenvalue weighted by Crippen LogP contribution is -2.06. The average molecular weight is 358 g/mol. The molecule has 0 bridgehead atoms. The Morgan fingerprint density at radius 3 is 2.76 bits per heavy atom. The number of benzene rings is 1. The van der Waals surface area contributed by atoms with Crippen LogP contribution in [0.3, 0.4) is 0 Å². The number of nitrogens with one attached hydrogen (secondary N) is 1. The fraction of sp³-hybridized carbons (Fsp3) is 0.278. The van der Waals surface area contributed by atoms with Crippen LogP contribution in [0.2, 0.25) is 0 Å². The molecule has 130 valence electrons. The number of nitrogens with zero attached hydrogens (tertiary/aromatic N) is 3. The van der Waals surface area contributed by atoms with E-state index in [0.29, 0.717) is 16.5 Å². The molecule has 5 nitrogen and oxygen atoms in total. The fourth-order valence-electron chi connectivity index (χ4n) is 2.86. The number of hydrogen-bond acceptors (Lipinski definition) is 4. The third-order valence-corrected chi connectivity index (χ3v) is 4.96. The van der Waals surface area contributed by atoms with Crippen molar-refractivity contribution in [3.63, 3.8) is 0 Å². The summed E-state index contributed by atoms with van der Waals surface area (Å²) in [5.74, 6) is 0.272. The van der Waals surface area contributed by atoms with Gasteiger partial charge in [0.15, 0.2) is 11.6 Å². The lowest BCUT2D eigenvalue weighted by Gasteiger charge is -2.05. The van der Waals surface area contributed by atoms with Crippen LogP contribution in [0.25, 0.3) is 11.4 Å². The van der Waals surface area contributed by atoms with Gasteiger partial charge in [-0.25, -0.2) is 9.37 Å². The Labute approximate surface area is 149 Å². The van der Waals surface area contributed by atoms with Crippen molar-refractivity contribution in [3.8, 4) is 11.4 Å². The molecule has 3 rings (SSSR count). The minimum atomic E-state index is -0.363. The highest BCUT2D eigenvalue weighted by molar-refractivity contribution is 7.99. The molecule has 0 amide bonds. The standard InChI is InChI=1S/C18H19FN4OS/c1-4-23-11(2)9-14(12(23)3)16(24)10-25-18-20-17(21-22-18)13-7-5-6-8-15(13)19/h5-9H,4,10H2,1-3H3,(H,20,21,22). The normalized spacial score (nSPS) is 11.0. The van der Waals surface area contributed by atoms with E-state index in [4.69, 9.17) is 0 Å². The molecule has 0 fully saturated rings. The van der Waals surface area contributed by atoms with Gasteiger partial charge in [-0.2, -0.15) is 0 Å². The number of carbonyl (C=O) groups excluding carboxylic acids is 1. The first-order valence-electron chi connectivity index (χ1n) is 8.01. The first kappa shape index (κ1) is 17.4. The van der Waals surface area contributed by atoms with Crippen LogP contribution in [0.15, 0.2) is 35.5 Å². The molecule has 0 atom stereocenters. The molecule has 0 spiro atoms. The van der Waals surface area contributed by atoms with Gasteiger partial charge in [-0.05, 0) is 39.0 Å². The molecular weight excluding hydrogens is 339 g/mol. The SMILES string of the molecule is CCn1c(C)cc(C(=O)CSc2n[nH]c(-c3ccccc3F)n2)c1C. The van der Waals surface area contributed by atoms with E-state index in [1.165, 1.54) is 17.8 Å². The van der Waals surface area contributed by atoms with Gasteiger partial charge >= 0.3 is 0 Å². The summed E-state index contributed by atoms with van der Waals surface area (Å²) in [5.41, 5.74) is 3.15. The first-order chi connectivity index (χ1) is 12.0. The van der Waals surface area contributed by atoms with E-state index in [1.807, 2.05) is 19.9 Å². The van der Waals surface area contributed by atoms with Gasteiger partial charge < -0.3 is 4.57 Å². The van der Waals surface area contributed by atoms with Gasteiger partial charge in [0, 0.05) is 23.5 Å². The molecule has 0 aliphatic rings. The number of halogens is 1. The number of rotatable bonds is 6. The minimum Gasteiger partial charge on any atom is -0.349 e. The van der Waals surface area contributed by atoms with E-state index >= 15 is 0 Å². The molecule has 1 aromatic carbocycles. The summed E-state index contributed by atoms with van der Waals surface area (Å²) >= 11 is 1.24. The Bertz CT molecular complexity index is 916. The number of ketones is 1. The van der Waals surface area contributed by atoms with Gasteiger partial charge in [0.25, 0.3) is 0 Å². The Balaban J connectivity index is 1.71. The molecule has 2 aromatic heterocycles. The number of H-pyrrole nitrogens is 1. The molecule has 1 N–H and O–H groups in total. The maximum absolute atomic E-state index is 13.8. The van der Waals surface area contributed by atoms with Gasteiger partial charge in [0.1, 0.15) is 5.82 Å². The number of aromatic nitrogens is 4. The van der Waals surface area contributed by atoms with Crippen LogP contribution >= 0.6 is 11.8 Å². The molecule has 0 radical (unpaired) electrons. The molecule has 25 heavy (non-hydrogen) atoms. The van der Waals surface area contributed by atoms with Gasteiger partial charge in [0.2, 0.25) is 5.16 Å². The van der Waals surface area contributed by atoms with E-state index in [-0.39, 0.29) is 17.4 Å². The van der Waals surface area contributed by atoms with E-state index in [2.05, 4.69) is 26.7 Å². The van der Waals surface area contributed by atoms with Crippen LogP contribution in [0.4, 0.5) is 4.39 Å². The monoisotopic (exact) mass is 358 g/mol.